The lowest BCUT2D eigenvalue weighted by molar-refractivity contribution is 0.0937. The lowest BCUT2D eigenvalue weighted by Crippen LogP contribution is -2.49. The quantitative estimate of drug-likeness (QED) is 0.691. The molecule has 0 radical (unpaired) electrons. The first kappa shape index (κ1) is 25.2. The molecule has 0 heterocycles. The largest absolute Gasteiger partial charge is 0.491 e. The van der Waals surface area contributed by atoms with E-state index in [2.05, 4.69) is 5.32 Å². The fourth-order valence-electron chi connectivity index (χ4n) is 1.97. The molecule has 0 saturated carbocycles. The number of amides is 1. The minimum absolute atomic E-state index is 0. The zero-order chi connectivity index (χ0) is 16.6. The number of likely N-dealkylation sites (N-methyl/N-ethyl adjacent to an activating group) is 1. The van der Waals surface area contributed by atoms with Crippen molar-refractivity contribution in [3.63, 3.8) is 0 Å². The van der Waals surface area contributed by atoms with Gasteiger partial charge in [-0.1, -0.05) is 26.0 Å². The van der Waals surface area contributed by atoms with E-state index in [0.717, 1.165) is 19.4 Å². The monoisotopic (exact) mass is 379 g/mol. The molecule has 140 valence electrons. The lowest BCUT2D eigenvalue weighted by Gasteiger charge is -2.27. The third-order valence-electron chi connectivity index (χ3n) is 3.94. The molecule has 1 amide bonds. The smallest absolute Gasteiger partial charge is 0.255 e. The van der Waals surface area contributed by atoms with Crippen molar-refractivity contribution in [2.75, 3.05) is 33.8 Å². The molecule has 0 bridgehead atoms. The first-order valence-electron chi connectivity index (χ1n) is 7.85. The van der Waals surface area contributed by atoms with Crippen LogP contribution in [0.1, 0.15) is 37.0 Å². The van der Waals surface area contributed by atoms with Crippen molar-refractivity contribution in [1.29, 1.82) is 0 Å². The Balaban J connectivity index is 0. The van der Waals surface area contributed by atoms with Crippen LogP contribution in [0.4, 0.5) is 0 Å². The predicted molar refractivity (Wildman–Crippen MR) is 105 cm³/mol. The van der Waals surface area contributed by atoms with Gasteiger partial charge in [-0.3, -0.25) is 4.79 Å². The Hall–Kier alpha value is -1.01. The van der Waals surface area contributed by atoms with Crippen LogP contribution in [0.5, 0.6) is 5.75 Å². The van der Waals surface area contributed by atoms with Crippen LogP contribution in [0.25, 0.3) is 0 Å². The van der Waals surface area contributed by atoms with Gasteiger partial charge in [-0.2, -0.15) is 0 Å². The summed E-state index contributed by atoms with van der Waals surface area (Å²) in [6.07, 6.45) is 1.65. The van der Waals surface area contributed by atoms with Gasteiger partial charge in [0.25, 0.3) is 5.91 Å². The maximum Gasteiger partial charge on any atom is 0.255 e. The maximum atomic E-state index is 12.4. The maximum absolute atomic E-state index is 12.4. The number of carbonyl (C=O) groups excluding carboxylic acids is 1. The van der Waals surface area contributed by atoms with E-state index in [1.807, 2.05) is 51.0 Å². The second-order valence-electron chi connectivity index (χ2n) is 5.90. The molecule has 0 atom stereocenters. The van der Waals surface area contributed by atoms with Gasteiger partial charge >= 0.3 is 0 Å². The second kappa shape index (κ2) is 12.4. The minimum Gasteiger partial charge on any atom is -0.491 e. The van der Waals surface area contributed by atoms with Crippen LogP contribution >= 0.6 is 24.8 Å². The van der Waals surface area contributed by atoms with Crippen LogP contribution in [0.3, 0.4) is 0 Å². The van der Waals surface area contributed by atoms with Crippen molar-refractivity contribution in [3.05, 3.63) is 29.8 Å². The Morgan fingerprint density at radius 3 is 2.33 bits per heavy atom. The van der Waals surface area contributed by atoms with Crippen molar-refractivity contribution in [2.24, 2.45) is 5.73 Å². The summed E-state index contributed by atoms with van der Waals surface area (Å²) in [5.74, 6) is 0.467. The summed E-state index contributed by atoms with van der Waals surface area (Å²) in [4.78, 5) is 14.4. The Kier molecular flexibility index (Phi) is 13.0. The Bertz CT molecular complexity index is 481. The number of para-hydroxylation sites is 1. The van der Waals surface area contributed by atoms with Gasteiger partial charge in [0, 0.05) is 18.6 Å². The molecule has 1 aromatic carbocycles. The van der Waals surface area contributed by atoms with Crippen LogP contribution in [-0.2, 0) is 0 Å². The van der Waals surface area contributed by atoms with E-state index >= 15 is 0 Å². The van der Waals surface area contributed by atoms with Gasteiger partial charge in [0.1, 0.15) is 12.4 Å². The van der Waals surface area contributed by atoms with Crippen LogP contribution in [-0.4, -0.2) is 50.1 Å². The molecule has 7 heteroatoms. The van der Waals surface area contributed by atoms with E-state index in [1.54, 1.807) is 6.07 Å². The fourth-order valence-corrected chi connectivity index (χ4v) is 1.97. The number of carbonyl (C=O) groups is 1. The number of benzene rings is 1. The van der Waals surface area contributed by atoms with Gasteiger partial charge in [0.2, 0.25) is 0 Å². The van der Waals surface area contributed by atoms with Crippen molar-refractivity contribution in [3.8, 4) is 5.75 Å². The highest BCUT2D eigenvalue weighted by atomic mass is 35.5. The molecule has 5 nitrogen and oxygen atoms in total. The van der Waals surface area contributed by atoms with E-state index in [0.29, 0.717) is 24.5 Å². The average molecular weight is 380 g/mol. The molecule has 0 aliphatic carbocycles. The number of nitrogens with two attached hydrogens (primary N) is 1. The topological polar surface area (TPSA) is 67.6 Å². The Morgan fingerprint density at radius 1 is 1.21 bits per heavy atom. The summed E-state index contributed by atoms with van der Waals surface area (Å²) < 4.78 is 5.72. The van der Waals surface area contributed by atoms with Crippen LogP contribution in [0.15, 0.2) is 24.3 Å². The van der Waals surface area contributed by atoms with Gasteiger partial charge < -0.3 is 20.7 Å². The second-order valence-corrected chi connectivity index (χ2v) is 5.90. The first-order chi connectivity index (χ1) is 10.4. The molecule has 24 heavy (non-hydrogen) atoms. The molecule has 0 aromatic heterocycles. The summed E-state index contributed by atoms with van der Waals surface area (Å²) in [5.41, 5.74) is 6.42. The third-order valence-corrected chi connectivity index (χ3v) is 3.94. The molecule has 0 spiro atoms. The Labute approximate surface area is 158 Å². The van der Waals surface area contributed by atoms with E-state index in [-0.39, 0.29) is 36.3 Å². The number of nitrogens with zero attached hydrogens (tertiary/aromatic N) is 1. The highest BCUT2D eigenvalue weighted by Gasteiger charge is 2.22. The van der Waals surface area contributed by atoms with E-state index in [9.17, 15) is 4.79 Å². The molecule has 0 saturated heterocycles. The van der Waals surface area contributed by atoms with Crippen molar-refractivity contribution < 1.29 is 9.53 Å². The highest BCUT2D eigenvalue weighted by molar-refractivity contribution is 5.96. The molecule has 0 aliphatic heterocycles. The molecule has 1 rings (SSSR count). The normalized spacial score (nSPS) is 10.6. The lowest BCUT2D eigenvalue weighted by atomic mass is 9.94. The predicted octanol–water partition coefficient (Wildman–Crippen LogP) is 2.72. The number of nitrogens with one attached hydrogen (secondary N) is 1. The number of hydrogen-bond acceptors (Lipinski definition) is 4. The SMILES string of the molecule is CCC(N)(CC)CNC(=O)c1ccccc1OCCN(C)C.Cl.Cl. The summed E-state index contributed by atoms with van der Waals surface area (Å²) in [7, 11) is 3.97. The van der Waals surface area contributed by atoms with Crippen molar-refractivity contribution in [1.82, 2.24) is 10.2 Å². The van der Waals surface area contributed by atoms with E-state index in [1.165, 1.54) is 0 Å². The molecule has 3 N–H and O–H groups in total. The molecule has 0 aliphatic rings. The van der Waals surface area contributed by atoms with Gasteiger partial charge in [-0.15, -0.1) is 24.8 Å². The molecular formula is C17H31Cl2N3O2. The standard InChI is InChI=1S/C17H29N3O2.2ClH/c1-5-17(18,6-2)13-19-16(21)14-9-7-8-10-15(14)22-12-11-20(3)4;;/h7-10H,5-6,11-13,18H2,1-4H3,(H,19,21);2*1H. The van der Waals surface area contributed by atoms with Crippen LogP contribution < -0.4 is 15.8 Å². The van der Waals surface area contributed by atoms with Crippen LogP contribution in [0.2, 0.25) is 0 Å². The van der Waals surface area contributed by atoms with E-state index in [4.69, 9.17) is 10.5 Å². The molecule has 0 fully saturated rings. The fraction of sp³-hybridized carbons (Fsp3) is 0.588. The average Bonchev–Trinajstić information content (AvgIpc) is 2.52. The minimum atomic E-state index is -0.351. The zero-order valence-electron chi connectivity index (χ0n) is 15.0. The van der Waals surface area contributed by atoms with E-state index < -0.39 is 0 Å². The highest BCUT2D eigenvalue weighted by Crippen LogP contribution is 2.18. The number of rotatable bonds is 9. The summed E-state index contributed by atoms with van der Waals surface area (Å²) in [6.45, 7) is 5.88. The molecule has 0 unspecified atom stereocenters. The zero-order valence-corrected chi connectivity index (χ0v) is 16.6. The van der Waals surface area contributed by atoms with Gasteiger partial charge in [0.15, 0.2) is 0 Å². The number of ether oxygens (including phenoxy) is 1. The number of halogens is 2. The molecular weight excluding hydrogens is 349 g/mol. The van der Waals surface area contributed by atoms with Crippen molar-refractivity contribution >= 4 is 30.7 Å². The summed E-state index contributed by atoms with van der Waals surface area (Å²) >= 11 is 0. The molecule has 1 aromatic rings. The van der Waals surface area contributed by atoms with Gasteiger partial charge in [-0.25, -0.2) is 0 Å². The van der Waals surface area contributed by atoms with Crippen molar-refractivity contribution in [2.45, 2.75) is 32.2 Å². The van der Waals surface area contributed by atoms with Gasteiger partial charge in [0.05, 0.1) is 5.56 Å². The summed E-state index contributed by atoms with van der Waals surface area (Å²) in [5, 5.41) is 2.93. The summed E-state index contributed by atoms with van der Waals surface area (Å²) in [6, 6.07) is 7.30. The third kappa shape index (κ3) is 8.20. The van der Waals surface area contributed by atoms with Gasteiger partial charge in [-0.05, 0) is 39.1 Å². The first-order valence-corrected chi connectivity index (χ1v) is 7.85. The number of hydrogen-bond donors (Lipinski definition) is 2. The Morgan fingerprint density at radius 2 is 1.79 bits per heavy atom. The van der Waals surface area contributed by atoms with Crippen LogP contribution in [0, 0.1) is 0 Å².